The molecule has 0 saturated carbocycles. The van der Waals surface area contributed by atoms with Crippen LogP contribution >= 0.6 is 0 Å². The van der Waals surface area contributed by atoms with Gasteiger partial charge in [-0.05, 0) is 25.1 Å². The van der Waals surface area contributed by atoms with Crippen LogP contribution in [0.15, 0.2) is 24.3 Å². The Morgan fingerprint density at radius 1 is 1.47 bits per heavy atom. The van der Waals surface area contributed by atoms with Crippen LogP contribution in [0.1, 0.15) is 16.1 Å². The Hall–Kier alpha value is -2.37. The van der Waals surface area contributed by atoms with Crippen molar-refractivity contribution in [1.82, 2.24) is 10.2 Å². The number of aryl methyl sites for hydroxylation is 1. The molecule has 6 heteroatoms. The average molecular weight is 234 g/mol. The highest BCUT2D eigenvalue weighted by atomic mass is 19.1. The lowest BCUT2D eigenvalue weighted by Gasteiger charge is -2.04. The van der Waals surface area contributed by atoms with Crippen LogP contribution in [0.3, 0.4) is 0 Å². The van der Waals surface area contributed by atoms with Crippen molar-refractivity contribution in [3.8, 4) is 0 Å². The van der Waals surface area contributed by atoms with E-state index >= 15 is 0 Å². The van der Waals surface area contributed by atoms with E-state index in [-0.39, 0.29) is 11.3 Å². The van der Waals surface area contributed by atoms with E-state index in [0.29, 0.717) is 5.82 Å². The summed E-state index contributed by atoms with van der Waals surface area (Å²) in [6.45, 7) is 1.81. The highest BCUT2D eigenvalue weighted by Crippen LogP contribution is 2.15. The highest BCUT2D eigenvalue weighted by Gasteiger charge is 2.11. The maximum absolute atomic E-state index is 12.8. The van der Waals surface area contributed by atoms with Crippen molar-refractivity contribution in [1.29, 1.82) is 0 Å². The van der Waals surface area contributed by atoms with E-state index in [1.54, 1.807) is 6.07 Å². The molecule has 0 atom stereocenters. The predicted octanol–water partition coefficient (Wildman–Crippen LogP) is 1.69. The van der Waals surface area contributed by atoms with Crippen molar-refractivity contribution in [2.45, 2.75) is 6.92 Å². The Kier molecular flexibility index (Phi) is 2.78. The van der Waals surface area contributed by atoms with E-state index in [9.17, 15) is 9.18 Å². The monoisotopic (exact) mass is 234 g/mol. The molecule has 1 amide bonds. The molecule has 2 rings (SSSR count). The first-order chi connectivity index (χ1) is 8.06. The summed E-state index contributed by atoms with van der Waals surface area (Å²) in [5, 5.41) is 9.11. The quantitative estimate of drug-likeness (QED) is 0.691. The molecule has 1 heterocycles. The van der Waals surface area contributed by atoms with Crippen LogP contribution in [0.2, 0.25) is 0 Å². The molecule has 0 radical (unpaired) electrons. The van der Waals surface area contributed by atoms with Crippen LogP contribution in [0, 0.1) is 12.7 Å². The predicted molar refractivity (Wildman–Crippen MR) is 62.1 cm³/mol. The molecule has 1 aromatic carbocycles. The van der Waals surface area contributed by atoms with Crippen LogP contribution in [0.25, 0.3) is 0 Å². The molecule has 0 fully saturated rings. The van der Waals surface area contributed by atoms with E-state index < -0.39 is 11.7 Å². The molecule has 0 bridgehead atoms. The average Bonchev–Trinajstić information content (AvgIpc) is 2.63. The molecule has 0 unspecified atom stereocenters. The lowest BCUT2D eigenvalue weighted by Crippen LogP contribution is -2.14. The third-order valence-corrected chi connectivity index (χ3v) is 2.21. The van der Waals surface area contributed by atoms with Crippen LogP contribution in [-0.2, 0) is 0 Å². The summed E-state index contributed by atoms with van der Waals surface area (Å²) >= 11 is 0. The van der Waals surface area contributed by atoms with Gasteiger partial charge in [0.1, 0.15) is 5.82 Å². The van der Waals surface area contributed by atoms with Gasteiger partial charge in [-0.15, -0.1) is 0 Å². The maximum Gasteiger partial charge on any atom is 0.258 e. The van der Waals surface area contributed by atoms with Gasteiger partial charge in [0.15, 0.2) is 5.82 Å². The summed E-state index contributed by atoms with van der Waals surface area (Å²) in [5.74, 6) is -0.500. The Balaban J connectivity index is 2.20. The standard InChI is InChI=1S/C11H11FN4O/c1-6-4-10(16-15-6)14-11(17)8-3-2-7(12)5-9(8)13/h2-5H,13H2,1H3,(H2,14,15,16,17). The Morgan fingerprint density at radius 3 is 2.82 bits per heavy atom. The summed E-state index contributed by atoms with van der Waals surface area (Å²) in [6.07, 6.45) is 0. The molecule has 4 N–H and O–H groups in total. The van der Waals surface area contributed by atoms with Gasteiger partial charge in [0, 0.05) is 17.4 Å². The Bertz CT molecular complexity index is 564. The van der Waals surface area contributed by atoms with Gasteiger partial charge >= 0.3 is 0 Å². The Labute approximate surface area is 96.8 Å². The van der Waals surface area contributed by atoms with E-state index in [1.165, 1.54) is 12.1 Å². The van der Waals surface area contributed by atoms with Gasteiger partial charge in [0.05, 0.1) is 5.56 Å². The van der Waals surface area contributed by atoms with Gasteiger partial charge < -0.3 is 11.1 Å². The van der Waals surface area contributed by atoms with Gasteiger partial charge in [-0.1, -0.05) is 0 Å². The molecule has 0 aliphatic heterocycles. The number of aromatic nitrogens is 2. The molecular formula is C11H11FN4O. The molecule has 1 aromatic heterocycles. The zero-order valence-corrected chi connectivity index (χ0v) is 9.12. The molecule has 5 nitrogen and oxygen atoms in total. The third kappa shape index (κ3) is 2.41. The van der Waals surface area contributed by atoms with Gasteiger partial charge in [-0.25, -0.2) is 4.39 Å². The molecule has 0 spiro atoms. The van der Waals surface area contributed by atoms with E-state index in [1.807, 2.05) is 6.92 Å². The number of nitrogens with two attached hydrogens (primary N) is 1. The molecule has 17 heavy (non-hydrogen) atoms. The van der Waals surface area contributed by atoms with Gasteiger partial charge in [0.25, 0.3) is 5.91 Å². The number of hydrogen-bond acceptors (Lipinski definition) is 3. The number of nitrogen functional groups attached to an aromatic ring is 1. The molecule has 88 valence electrons. The van der Waals surface area contributed by atoms with Crippen LogP contribution in [0.5, 0.6) is 0 Å². The number of aromatic amines is 1. The number of carbonyl (C=O) groups excluding carboxylic acids is 1. The Morgan fingerprint density at radius 2 is 2.24 bits per heavy atom. The fourth-order valence-corrected chi connectivity index (χ4v) is 1.41. The van der Waals surface area contributed by atoms with Crippen LogP contribution in [0.4, 0.5) is 15.9 Å². The van der Waals surface area contributed by atoms with Crippen molar-refractivity contribution < 1.29 is 9.18 Å². The number of benzene rings is 1. The van der Waals surface area contributed by atoms with Gasteiger partial charge in [0.2, 0.25) is 0 Å². The van der Waals surface area contributed by atoms with Crippen LogP contribution < -0.4 is 11.1 Å². The summed E-state index contributed by atoms with van der Waals surface area (Å²) in [5.41, 5.74) is 6.69. The normalized spacial score (nSPS) is 10.2. The highest BCUT2D eigenvalue weighted by molar-refractivity contribution is 6.07. The number of amides is 1. The van der Waals surface area contributed by atoms with E-state index in [4.69, 9.17) is 5.73 Å². The second-order valence-corrected chi connectivity index (χ2v) is 3.62. The summed E-state index contributed by atoms with van der Waals surface area (Å²) in [7, 11) is 0. The fraction of sp³-hybridized carbons (Fsp3) is 0.0909. The zero-order chi connectivity index (χ0) is 12.4. The lowest BCUT2D eigenvalue weighted by molar-refractivity contribution is 0.102. The summed E-state index contributed by atoms with van der Waals surface area (Å²) < 4.78 is 12.8. The SMILES string of the molecule is Cc1cc(NC(=O)c2ccc(F)cc2N)n[nH]1. The third-order valence-electron chi connectivity index (χ3n) is 2.21. The lowest BCUT2D eigenvalue weighted by atomic mass is 10.1. The molecular weight excluding hydrogens is 223 g/mol. The number of hydrogen-bond donors (Lipinski definition) is 3. The molecule has 0 aliphatic carbocycles. The van der Waals surface area contributed by atoms with Crippen LogP contribution in [-0.4, -0.2) is 16.1 Å². The smallest absolute Gasteiger partial charge is 0.258 e. The zero-order valence-electron chi connectivity index (χ0n) is 9.12. The minimum atomic E-state index is -0.477. The topological polar surface area (TPSA) is 83.8 Å². The minimum Gasteiger partial charge on any atom is -0.398 e. The number of nitrogens with zero attached hydrogens (tertiary/aromatic N) is 1. The number of rotatable bonds is 2. The number of nitrogens with one attached hydrogen (secondary N) is 2. The number of anilines is 2. The second kappa shape index (κ2) is 4.25. The van der Waals surface area contributed by atoms with Gasteiger partial charge in [-0.2, -0.15) is 5.10 Å². The van der Waals surface area contributed by atoms with Crippen molar-refractivity contribution in [3.05, 3.63) is 41.3 Å². The number of halogens is 1. The number of H-pyrrole nitrogens is 1. The first-order valence-corrected chi connectivity index (χ1v) is 4.94. The second-order valence-electron chi connectivity index (χ2n) is 3.62. The molecule has 2 aromatic rings. The van der Waals surface area contributed by atoms with E-state index in [2.05, 4.69) is 15.5 Å². The first kappa shape index (κ1) is 11.1. The summed E-state index contributed by atoms with van der Waals surface area (Å²) in [6, 6.07) is 5.29. The van der Waals surface area contributed by atoms with Crippen molar-refractivity contribution in [2.24, 2.45) is 0 Å². The largest absolute Gasteiger partial charge is 0.398 e. The fourth-order valence-electron chi connectivity index (χ4n) is 1.41. The van der Waals surface area contributed by atoms with Gasteiger partial charge in [-0.3, -0.25) is 9.89 Å². The molecule has 0 aliphatic rings. The van der Waals surface area contributed by atoms with E-state index in [0.717, 1.165) is 11.8 Å². The number of carbonyl (C=O) groups is 1. The van der Waals surface area contributed by atoms with Crippen molar-refractivity contribution in [3.63, 3.8) is 0 Å². The maximum atomic E-state index is 12.8. The van der Waals surface area contributed by atoms with Crippen molar-refractivity contribution in [2.75, 3.05) is 11.1 Å². The minimum absolute atomic E-state index is 0.0924. The summed E-state index contributed by atoms with van der Waals surface area (Å²) in [4.78, 5) is 11.8. The first-order valence-electron chi connectivity index (χ1n) is 4.94. The van der Waals surface area contributed by atoms with Crippen molar-refractivity contribution >= 4 is 17.4 Å². The molecule has 0 saturated heterocycles.